The smallest absolute Gasteiger partial charge is 0.257 e. The van der Waals surface area contributed by atoms with E-state index in [9.17, 15) is 4.79 Å². The van der Waals surface area contributed by atoms with E-state index in [0.717, 1.165) is 31.6 Å². The van der Waals surface area contributed by atoms with Gasteiger partial charge >= 0.3 is 0 Å². The molecule has 130 valence electrons. The summed E-state index contributed by atoms with van der Waals surface area (Å²) in [5.74, 6) is 1.62. The van der Waals surface area contributed by atoms with Gasteiger partial charge in [0, 0.05) is 45.1 Å². The third-order valence-corrected chi connectivity index (χ3v) is 5.66. The first-order chi connectivity index (χ1) is 11.7. The van der Waals surface area contributed by atoms with E-state index in [4.69, 9.17) is 9.47 Å². The topological polar surface area (TPSA) is 76.6 Å². The maximum Gasteiger partial charge on any atom is 0.257 e. The zero-order valence-corrected chi connectivity index (χ0v) is 14.0. The summed E-state index contributed by atoms with van der Waals surface area (Å²) >= 11 is 0. The largest absolute Gasteiger partial charge is 0.472 e. The van der Waals surface area contributed by atoms with Gasteiger partial charge in [-0.05, 0) is 25.7 Å². The second-order valence-electron chi connectivity index (χ2n) is 6.99. The van der Waals surface area contributed by atoms with Gasteiger partial charge in [0.1, 0.15) is 6.10 Å². The second-order valence-corrected chi connectivity index (χ2v) is 6.99. The average molecular weight is 332 g/mol. The van der Waals surface area contributed by atoms with Gasteiger partial charge in [0.15, 0.2) is 5.82 Å². The van der Waals surface area contributed by atoms with Crippen molar-refractivity contribution in [1.82, 2.24) is 15.3 Å². The summed E-state index contributed by atoms with van der Waals surface area (Å²) in [6, 6.07) is 0. The predicted molar refractivity (Wildman–Crippen MR) is 87.9 cm³/mol. The van der Waals surface area contributed by atoms with Crippen LogP contribution in [-0.4, -0.2) is 55.3 Å². The summed E-state index contributed by atoms with van der Waals surface area (Å²) in [5, 5.41) is 2.85. The fourth-order valence-corrected chi connectivity index (χ4v) is 4.00. The summed E-state index contributed by atoms with van der Waals surface area (Å²) in [4.78, 5) is 23.7. The number of fused-ring (bicyclic) bond motifs is 1. The molecule has 24 heavy (non-hydrogen) atoms. The zero-order valence-electron chi connectivity index (χ0n) is 14.0. The van der Waals surface area contributed by atoms with Crippen molar-refractivity contribution in [2.75, 3.05) is 38.3 Å². The molecular formula is C17H24N4O3. The Morgan fingerprint density at radius 2 is 2.25 bits per heavy atom. The van der Waals surface area contributed by atoms with E-state index in [1.165, 1.54) is 6.42 Å². The highest BCUT2D eigenvalue weighted by Crippen LogP contribution is 2.45. The summed E-state index contributed by atoms with van der Waals surface area (Å²) in [5.41, 5.74) is -0.405. The lowest BCUT2D eigenvalue weighted by Gasteiger charge is -2.36. The Morgan fingerprint density at radius 1 is 1.42 bits per heavy atom. The van der Waals surface area contributed by atoms with E-state index >= 15 is 0 Å². The molecule has 1 aromatic rings. The Balaban J connectivity index is 1.60. The van der Waals surface area contributed by atoms with Crippen molar-refractivity contribution in [3.8, 4) is 5.88 Å². The first kappa shape index (κ1) is 15.6. The number of amides is 1. The molecule has 0 unspecified atom stereocenters. The molecule has 7 heteroatoms. The molecular weight excluding hydrogens is 308 g/mol. The maximum absolute atomic E-state index is 12.6. The van der Waals surface area contributed by atoms with Crippen LogP contribution in [0.5, 0.6) is 5.88 Å². The van der Waals surface area contributed by atoms with Gasteiger partial charge in [-0.1, -0.05) is 0 Å². The number of carbonyl (C=O) groups excluding carboxylic acids is 1. The Morgan fingerprint density at radius 3 is 3.00 bits per heavy atom. The fourth-order valence-electron chi connectivity index (χ4n) is 4.00. The predicted octanol–water partition coefficient (Wildman–Crippen LogP) is 0.997. The van der Waals surface area contributed by atoms with Gasteiger partial charge in [0.2, 0.25) is 5.91 Å². The number of hydrogen-bond acceptors (Lipinski definition) is 6. The van der Waals surface area contributed by atoms with Crippen molar-refractivity contribution < 1.29 is 14.3 Å². The summed E-state index contributed by atoms with van der Waals surface area (Å²) < 4.78 is 11.7. The fraction of sp³-hybridized carbons (Fsp3) is 0.706. The van der Waals surface area contributed by atoms with Gasteiger partial charge in [-0.3, -0.25) is 4.79 Å². The van der Waals surface area contributed by atoms with Crippen LogP contribution >= 0.6 is 0 Å². The van der Waals surface area contributed by atoms with E-state index in [2.05, 4.69) is 20.2 Å². The highest BCUT2D eigenvalue weighted by atomic mass is 16.5. The number of hydrogen-bond donors (Lipinski definition) is 1. The number of carbonyl (C=O) groups is 1. The number of aromatic nitrogens is 2. The molecule has 3 heterocycles. The molecule has 1 aromatic heterocycles. The summed E-state index contributed by atoms with van der Waals surface area (Å²) in [6.45, 7) is 2.63. The monoisotopic (exact) mass is 332 g/mol. The quantitative estimate of drug-likeness (QED) is 0.886. The molecule has 1 amide bonds. The number of nitrogens with zero attached hydrogens (tertiary/aromatic N) is 3. The summed E-state index contributed by atoms with van der Waals surface area (Å²) in [7, 11) is 1.71. The third kappa shape index (κ3) is 2.51. The molecule has 3 fully saturated rings. The van der Waals surface area contributed by atoms with Crippen LogP contribution in [0.3, 0.4) is 0 Å². The molecule has 4 rings (SSSR count). The Kier molecular flexibility index (Phi) is 4.04. The molecule has 2 atom stereocenters. The standard InChI is InChI=1S/C17H24N4O3/c1-18-16(22)17-5-8-23-10-12(17)9-21(11-17)14-15(20-7-6-19-14)24-13-3-2-4-13/h6-7,12-13H,2-5,8-11H2,1H3,(H,18,22)/t12-,17+/m1/s1. The van der Waals surface area contributed by atoms with Gasteiger partial charge in [0.25, 0.3) is 5.88 Å². The van der Waals surface area contributed by atoms with Crippen LogP contribution in [-0.2, 0) is 9.53 Å². The molecule has 1 saturated carbocycles. The van der Waals surface area contributed by atoms with Crippen molar-refractivity contribution in [1.29, 1.82) is 0 Å². The van der Waals surface area contributed by atoms with Crippen LogP contribution < -0.4 is 15.0 Å². The van der Waals surface area contributed by atoms with Gasteiger partial charge in [-0.15, -0.1) is 0 Å². The number of rotatable bonds is 4. The van der Waals surface area contributed by atoms with Crippen molar-refractivity contribution >= 4 is 11.7 Å². The lowest BCUT2D eigenvalue weighted by molar-refractivity contribution is -0.138. The zero-order chi connectivity index (χ0) is 16.6. The SMILES string of the molecule is CNC(=O)[C@]12CCOC[C@H]1CN(c1nccnc1OC1CCC1)C2. The minimum Gasteiger partial charge on any atom is -0.472 e. The van der Waals surface area contributed by atoms with Gasteiger partial charge in [-0.25, -0.2) is 9.97 Å². The Bertz CT molecular complexity index is 622. The van der Waals surface area contributed by atoms with Crippen LogP contribution in [0.4, 0.5) is 5.82 Å². The van der Waals surface area contributed by atoms with Crippen LogP contribution in [0.25, 0.3) is 0 Å². The minimum atomic E-state index is -0.405. The van der Waals surface area contributed by atoms with E-state index < -0.39 is 5.41 Å². The van der Waals surface area contributed by atoms with Crippen LogP contribution in [0.15, 0.2) is 12.4 Å². The van der Waals surface area contributed by atoms with Gasteiger partial charge < -0.3 is 19.7 Å². The minimum absolute atomic E-state index is 0.101. The Hall–Kier alpha value is -1.89. The van der Waals surface area contributed by atoms with Gasteiger partial charge in [-0.2, -0.15) is 0 Å². The van der Waals surface area contributed by atoms with Crippen LogP contribution in [0.1, 0.15) is 25.7 Å². The first-order valence-corrected chi connectivity index (χ1v) is 8.75. The Labute approximate surface area is 141 Å². The second kappa shape index (κ2) is 6.20. The van der Waals surface area contributed by atoms with Crippen molar-refractivity contribution in [3.63, 3.8) is 0 Å². The average Bonchev–Trinajstić information content (AvgIpc) is 2.98. The lowest BCUT2D eigenvalue weighted by Crippen LogP contribution is -2.49. The van der Waals surface area contributed by atoms with E-state index in [1.807, 2.05) is 0 Å². The normalized spacial score (nSPS) is 29.7. The molecule has 7 nitrogen and oxygen atoms in total. The summed E-state index contributed by atoms with van der Waals surface area (Å²) in [6.07, 6.45) is 7.72. The molecule has 0 radical (unpaired) electrons. The van der Waals surface area contributed by atoms with E-state index in [1.54, 1.807) is 19.4 Å². The molecule has 1 aliphatic carbocycles. The van der Waals surface area contributed by atoms with Crippen molar-refractivity contribution in [3.05, 3.63) is 12.4 Å². The molecule has 0 spiro atoms. The molecule has 2 saturated heterocycles. The molecule has 0 aromatic carbocycles. The van der Waals surface area contributed by atoms with Gasteiger partial charge in [0.05, 0.1) is 12.0 Å². The molecule has 3 aliphatic rings. The van der Waals surface area contributed by atoms with Crippen LogP contribution in [0, 0.1) is 11.3 Å². The first-order valence-electron chi connectivity index (χ1n) is 8.75. The van der Waals surface area contributed by atoms with E-state index in [-0.39, 0.29) is 17.9 Å². The molecule has 2 aliphatic heterocycles. The number of anilines is 1. The molecule has 0 bridgehead atoms. The highest BCUT2D eigenvalue weighted by molar-refractivity contribution is 5.84. The van der Waals surface area contributed by atoms with E-state index in [0.29, 0.717) is 25.6 Å². The maximum atomic E-state index is 12.6. The van der Waals surface area contributed by atoms with Crippen molar-refractivity contribution in [2.45, 2.75) is 31.8 Å². The highest BCUT2D eigenvalue weighted by Gasteiger charge is 2.54. The molecule has 1 N–H and O–H groups in total. The van der Waals surface area contributed by atoms with Crippen LogP contribution in [0.2, 0.25) is 0 Å². The lowest BCUT2D eigenvalue weighted by atomic mass is 9.73. The van der Waals surface area contributed by atoms with Crippen molar-refractivity contribution in [2.24, 2.45) is 11.3 Å². The number of ether oxygens (including phenoxy) is 2. The number of nitrogens with one attached hydrogen (secondary N) is 1. The third-order valence-electron chi connectivity index (χ3n) is 5.66.